The van der Waals surface area contributed by atoms with Gasteiger partial charge in [-0.2, -0.15) is 5.26 Å². The van der Waals surface area contributed by atoms with Gasteiger partial charge in [0.2, 0.25) is 5.91 Å². The van der Waals surface area contributed by atoms with E-state index in [-0.39, 0.29) is 11.7 Å². The van der Waals surface area contributed by atoms with E-state index in [1.807, 2.05) is 4.90 Å². The Kier molecular flexibility index (Phi) is 3.54. The number of benzene rings is 1. The lowest BCUT2D eigenvalue weighted by molar-refractivity contribution is -0.143. The average Bonchev–Trinajstić information content (AvgIpc) is 2.48. The first-order valence-electron chi connectivity index (χ1n) is 7.36. The van der Waals surface area contributed by atoms with Crippen LogP contribution in [0.25, 0.3) is 0 Å². The van der Waals surface area contributed by atoms with Crippen molar-refractivity contribution in [2.45, 2.75) is 19.3 Å². The highest BCUT2D eigenvalue weighted by Gasteiger charge is 2.47. The van der Waals surface area contributed by atoms with E-state index < -0.39 is 5.41 Å². The lowest BCUT2D eigenvalue weighted by Crippen LogP contribution is -2.54. The summed E-state index contributed by atoms with van der Waals surface area (Å²) in [5, 5.41) is 9.25. The molecular weight excluding hydrogens is 269 g/mol. The smallest absolute Gasteiger partial charge is 0.243 e. The number of nitriles is 1. The summed E-state index contributed by atoms with van der Waals surface area (Å²) in [6, 6.07) is 8.63. The van der Waals surface area contributed by atoms with Crippen LogP contribution in [0.3, 0.4) is 0 Å². The number of carbonyl (C=O) groups is 1. The third kappa shape index (κ3) is 2.46. The Morgan fingerprint density at radius 1 is 1.14 bits per heavy atom. The van der Waals surface area contributed by atoms with Gasteiger partial charge in [-0.1, -0.05) is 0 Å². The molecule has 2 fully saturated rings. The molecular formula is C16H18FN3O. The van der Waals surface area contributed by atoms with Gasteiger partial charge in [0.05, 0.1) is 6.07 Å². The molecule has 1 aliphatic heterocycles. The summed E-state index contributed by atoms with van der Waals surface area (Å²) in [5.74, 6) is -0.247. The molecule has 0 spiro atoms. The molecule has 0 atom stereocenters. The van der Waals surface area contributed by atoms with Crippen LogP contribution in [0.4, 0.5) is 10.1 Å². The molecule has 1 amide bonds. The van der Waals surface area contributed by atoms with Gasteiger partial charge >= 0.3 is 0 Å². The number of carbonyl (C=O) groups excluding carboxylic acids is 1. The molecule has 4 nitrogen and oxygen atoms in total. The fraction of sp³-hybridized carbons (Fsp3) is 0.500. The van der Waals surface area contributed by atoms with Crippen molar-refractivity contribution in [3.05, 3.63) is 30.1 Å². The summed E-state index contributed by atoms with van der Waals surface area (Å²) in [6.45, 7) is 2.69. The van der Waals surface area contributed by atoms with E-state index in [9.17, 15) is 14.4 Å². The van der Waals surface area contributed by atoms with E-state index >= 15 is 0 Å². The predicted molar refractivity (Wildman–Crippen MR) is 77.1 cm³/mol. The standard InChI is InChI=1S/C16H18FN3O/c17-13-2-4-14(5-3-13)19-8-10-20(11-9-19)15(21)16(12-18)6-1-7-16/h2-5H,1,6-11H2. The van der Waals surface area contributed by atoms with Crippen LogP contribution in [-0.2, 0) is 4.79 Å². The second-order valence-corrected chi connectivity index (χ2v) is 5.80. The number of amides is 1. The van der Waals surface area contributed by atoms with Gasteiger partial charge < -0.3 is 9.80 Å². The van der Waals surface area contributed by atoms with Crippen molar-refractivity contribution in [3.8, 4) is 6.07 Å². The zero-order chi connectivity index (χ0) is 14.9. The average molecular weight is 287 g/mol. The zero-order valence-electron chi connectivity index (χ0n) is 11.9. The molecule has 1 heterocycles. The maximum absolute atomic E-state index is 12.9. The summed E-state index contributed by atoms with van der Waals surface area (Å²) in [4.78, 5) is 16.4. The first kappa shape index (κ1) is 13.9. The molecule has 1 aromatic rings. The molecule has 0 N–H and O–H groups in total. The second kappa shape index (κ2) is 5.36. The topological polar surface area (TPSA) is 47.3 Å². The number of hydrogen-bond acceptors (Lipinski definition) is 3. The molecule has 3 rings (SSSR count). The molecule has 0 radical (unpaired) electrons. The molecule has 0 unspecified atom stereocenters. The summed E-state index contributed by atoms with van der Waals surface area (Å²) in [6.07, 6.45) is 2.36. The van der Waals surface area contributed by atoms with Crippen LogP contribution in [0.15, 0.2) is 24.3 Å². The Bertz CT molecular complexity index is 566. The van der Waals surface area contributed by atoms with Crippen LogP contribution < -0.4 is 4.90 Å². The first-order chi connectivity index (χ1) is 10.1. The summed E-state index contributed by atoms with van der Waals surface area (Å²) < 4.78 is 12.9. The van der Waals surface area contributed by atoms with Crippen molar-refractivity contribution < 1.29 is 9.18 Å². The van der Waals surface area contributed by atoms with Gasteiger partial charge in [0.1, 0.15) is 11.2 Å². The fourth-order valence-corrected chi connectivity index (χ4v) is 3.03. The van der Waals surface area contributed by atoms with Gasteiger partial charge in [0.15, 0.2) is 0 Å². The normalized spacial score (nSPS) is 20.6. The molecule has 1 saturated carbocycles. The molecule has 0 bridgehead atoms. The van der Waals surface area contributed by atoms with Crippen LogP contribution in [0.1, 0.15) is 19.3 Å². The molecule has 110 valence electrons. The Morgan fingerprint density at radius 2 is 1.76 bits per heavy atom. The first-order valence-corrected chi connectivity index (χ1v) is 7.36. The highest BCUT2D eigenvalue weighted by Crippen LogP contribution is 2.42. The van der Waals surface area contributed by atoms with Gasteiger partial charge in [-0.15, -0.1) is 0 Å². The number of halogens is 1. The number of hydrogen-bond donors (Lipinski definition) is 0. The maximum Gasteiger partial charge on any atom is 0.243 e. The van der Waals surface area contributed by atoms with Crippen molar-refractivity contribution in [3.63, 3.8) is 0 Å². The van der Waals surface area contributed by atoms with Gasteiger partial charge in [-0.3, -0.25) is 4.79 Å². The van der Waals surface area contributed by atoms with Crippen molar-refractivity contribution in [2.75, 3.05) is 31.1 Å². The minimum absolute atomic E-state index is 0.00462. The fourth-order valence-electron chi connectivity index (χ4n) is 3.03. The predicted octanol–water partition coefficient (Wildman–Crippen LogP) is 2.17. The van der Waals surface area contributed by atoms with Gasteiger partial charge in [0, 0.05) is 31.9 Å². The lowest BCUT2D eigenvalue weighted by atomic mass is 9.69. The van der Waals surface area contributed by atoms with E-state index in [4.69, 9.17) is 0 Å². The SMILES string of the molecule is N#CC1(C(=O)N2CCN(c3ccc(F)cc3)CC2)CCC1. The van der Waals surface area contributed by atoms with Crippen molar-refractivity contribution in [1.82, 2.24) is 4.90 Å². The molecule has 1 aliphatic carbocycles. The van der Waals surface area contributed by atoms with Gasteiger partial charge in [-0.25, -0.2) is 4.39 Å². The zero-order valence-corrected chi connectivity index (χ0v) is 11.9. The van der Waals surface area contributed by atoms with Crippen LogP contribution >= 0.6 is 0 Å². The van der Waals surface area contributed by atoms with Crippen LogP contribution in [-0.4, -0.2) is 37.0 Å². The maximum atomic E-state index is 12.9. The lowest BCUT2D eigenvalue weighted by Gasteiger charge is -2.42. The van der Waals surface area contributed by atoms with Crippen molar-refractivity contribution in [1.29, 1.82) is 5.26 Å². The van der Waals surface area contributed by atoms with Crippen LogP contribution in [0, 0.1) is 22.6 Å². The summed E-state index contributed by atoms with van der Waals surface area (Å²) in [5.41, 5.74) is 0.222. The second-order valence-electron chi connectivity index (χ2n) is 5.80. The van der Waals surface area contributed by atoms with Gasteiger partial charge in [-0.05, 0) is 43.5 Å². The minimum atomic E-state index is -0.752. The Morgan fingerprint density at radius 3 is 2.24 bits per heavy atom. The van der Waals surface area contributed by atoms with Crippen molar-refractivity contribution >= 4 is 11.6 Å². The largest absolute Gasteiger partial charge is 0.368 e. The van der Waals surface area contributed by atoms with Crippen molar-refractivity contribution in [2.24, 2.45) is 5.41 Å². The Balaban J connectivity index is 1.61. The highest BCUT2D eigenvalue weighted by atomic mass is 19.1. The van der Waals surface area contributed by atoms with E-state index in [0.29, 0.717) is 25.9 Å². The Hall–Kier alpha value is -2.09. The molecule has 21 heavy (non-hydrogen) atoms. The minimum Gasteiger partial charge on any atom is -0.368 e. The number of nitrogens with zero attached hydrogens (tertiary/aromatic N) is 3. The number of rotatable bonds is 2. The third-order valence-corrected chi connectivity index (χ3v) is 4.59. The van der Waals surface area contributed by atoms with Crippen LogP contribution in [0.5, 0.6) is 0 Å². The summed E-state index contributed by atoms with van der Waals surface area (Å²) in [7, 11) is 0. The highest BCUT2D eigenvalue weighted by molar-refractivity contribution is 5.86. The quantitative estimate of drug-likeness (QED) is 0.837. The van der Waals surface area contributed by atoms with Crippen LogP contribution in [0.2, 0.25) is 0 Å². The van der Waals surface area contributed by atoms with E-state index in [0.717, 1.165) is 25.2 Å². The van der Waals surface area contributed by atoms with E-state index in [2.05, 4.69) is 11.0 Å². The monoisotopic (exact) mass is 287 g/mol. The Labute approximate surface area is 123 Å². The van der Waals surface area contributed by atoms with E-state index in [1.54, 1.807) is 12.1 Å². The summed E-state index contributed by atoms with van der Waals surface area (Å²) >= 11 is 0. The van der Waals surface area contributed by atoms with E-state index in [1.165, 1.54) is 12.1 Å². The molecule has 0 aromatic heterocycles. The molecule has 1 aromatic carbocycles. The molecule has 2 aliphatic rings. The number of anilines is 1. The third-order valence-electron chi connectivity index (χ3n) is 4.59. The number of piperazine rings is 1. The molecule has 1 saturated heterocycles. The van der Waals surface area contributed by atoms with Gasteiger partial charge in [0.25, 0.3) is 0 Å². The molecule has 5 heteroatoms.